The van der Waals surface area contributed by atoms with Gasteiger partial charge in [0.2, 0.25) is 5.95 Å². The molecule has 1 saturated heterocycles. The highest BCUT2D eigenvalue weighted by atomic mass is 32.1. The van der Waals surface area contributed by atoms with Crippen molar-refractivity contribution in [1.29, 1.82) is 0 Å². The summed E-state index contributed by atoms with van der Waals surface area (Å²) in [5.41, 5.74) is 5.87. The molecule has 3 atom stereocenters. The molecule has 0 spiro atoms. The van der Waals surface area contributed by atoms with Crippen molar-refractivity contribution in [3.05, 3.63) is 22.3 Å². The van der Waals surface area contributed by atoms with Crippen molar-refractivity contribution < 1.29 is 24.2 Å². The number of ether oxygens (including phenoxy) is 2. The number of hydrogen-bond donors (Lipinski definition) is 2. The van der Waals surface area contributed by atoms with Crippen molar-refractivity contribution in [2.45, 2.75) is 38.2 Å². The van der Waals surface area contributed by atoms with Crippen molar-refractivity contribution in [3.63, 3.8) is 0 Å². The number of hydrogen-bond acceptors (Lipinski definition) is 9. The highest BCUT2D eigenvalue weighted by molar-refractivity contribution is 7.16. The summed E-state index contributed by atoms with van der Waals surface area (Å²) in [5.74, 6) is -1.54. The van der Waals surface area contributed by atoms with Crippen LogP contribution in [0.3, 0.4) is 0 Å². The number of nitrogens with two attached hydrogens (primary N) is 1. The summed E-state index contributed by atoms with van der Waals surface area (Å²) in [6.45, 7) is 1.25. The standard InChI is InChI=1S/C14H15N4O6S/c1-6(19)23-8-4-7(2-3-10(20)21)24-12(8)18-11-9(25-14(18)22)5-16-13(15)17-11/h2,5,7-8,12H,3-4H2,1H3,(H,20,21)(H2,15,16,17). The number of esters is 1. The third-order valence-corrected chi connectivity index (χ3v) is 4.48. The Bertz CT molecular complexity index is 878. The van der Waals surface area contributed by atoms with E-state index in [9.17, 15) is 14.4 Å². The van der Waals surface area contributed by atoms with E-state index < -0.39 is 30.4 Å². The Morgan fingerprint density at radius 1 is 1.60 bits per heavy atom. The molecule has 0 aliphatic carbocycles. The lowest BCUT2D eigenvalue weighted by atomic mass is 10.1. The van der Waals surface area contributed by atoms with Gasteiger partial charge in [0, 0.05) is 19.8 Å². The smallest absolute Gasteiger partial charge is 0.311 e. The normalized spacial score (nSPS) is 23.0. The zero-order valence-electron chi connectivity index (χ0n) is 13.1. The summed E-state index contributed by atoms with van der Waals surface area (Å²) in [6, 6.07) is 0. The van der Waals surface area contributed by atoms with Gasteiger partial charge >= 0.3 is 16.8 Å². The van der Waals surface area contributed by atoms with Crippen LogP contribution in [0.15, 0.2) is 11.0 Å². The van der Waals surface area contributed by atoms with Gasteiger partial charge in [0.25, 0.3) is 0 Å². The molecular formula is C14H15N4O6S. The number of carbonyl (C=O) groups is 2. The molecule has 1 fully saturated rings. The molecule has 0 bridgehead atoms. The molecule has 1 radical (unpaired) electrons. The molecule has 2 aromatic rings. The molecular weight excluding hydrogens is 352 g/mol. The predicted octanol–water partition coefficient (Wildman–Crippen LogP) is 0.333. The van der Waals surface area contributed by atoms with Crippen molar-refractivity contribution in [2.75, 3.05) is 5.73 Å². The zero-order chi connectivity index (χ0) is 18.1. The van der Waals surface area contributed by atoms with E-state index in [1.54, 1.807) is 0 Å². The number of nitrogen functional groups attached to an aromatic ring is 1. The zero-order valence-corrected chi connectivity index (χ0v) is 13.9. The quantitative estimate of drug-likeness (QED) is 0.714. The molecule has 0 aromatic carbocycles. The number of nitrogens with zero attached hydrogens (tertiary/aromatic N) is 3. The molecule has 3 heterocycles. The van der Waals surface area contributed by atoms with Crippen LogP contribution in [0.5, 0.6) is 0 Å². The maximum Gasteiger partial charge on any atom is 0.311 e. The van der Waals surface area contributed by atoms with E-state index >= 15 is 0 Å². The number of fused-ring (bicyclic) bond motifs is 1. The van der Waals surface area contributed by atoms with E-state index in [1.807, 2.05) is 0 Å². The van der Waals surface area contributed by atoms with Crippen LogP contribution < -0.4 is 10.6 Å². The largest absolute Gasteiger partial charge is 0.481 e. The molecule has 25 heavy (non-hydrogen) atoms. The van der Waals surface area contributed by atoms with E-state index in [0.717, 1.165) is 11.3 Å². The van der Waals surface area contributed by atoms with Gasteiger partial charge in [-0.05, 0) is 0 Å². The number of carbonyl (C=O) groups excluding carboxylic acids is 1. The third kappa shape index (κ3) is 3.61. The van der Waals surface area contributed by atoms with Gasteiger partial charge in [0.15, 0.2) is 11.9 Å². The molecule has 1 aliphatic rings. The van der Waals surface area contributed by atoms with E-state index in [1.165, 1.54) is 24.1 Å². The molecule has 133 valence electrons. The summed E-state index contributed by atoms with van der Waals surface area (Å²) in [4.78, 5) is 42.1. The van der Waals surface area contributed by atoms with Crippen molar-refractivity contribution in [3.8, 4) is 0 Å². The van der Waals surface area contributed by atoms with Crippen LogP contribution in [-0.4, -0.2) is 43.8 Å². The minimum absolute atomic E-state index is 0.00456. The molecule has 3 unspecified atom stereocenters. The van der Waals surface area contributed by atoms with Crippen molar-refractivity contribution in [1.82, 2.24) is 14.5 Å². The lowest BCUT2D eigenvalue weighted by Gasteiger charge is -2.19. The summed E-state index contributed by atoms with van der Waals surface area (Å²) >= 11 is 0.917. The van der Waals surface area contributed by atoms with Crippen LogP contribution in [0.2, 0.25) is 0 Å². The first kappa shape index (κ1) is 17.3. The Balaban J connectivity index is 1.96. The Labute approximate surface area is 145 Å². The number of anilines is 1. The van der Waals surface area contributed by atoms with E-state index in [2.05, 4.69) is 9.97 Å². The summed E-state index contributed by atoms with van der Waals surface area (Å²) < 4.78 is 12.8. The number of carboxylic acids is 1. The molecule has 11 heteroatoms. The van der Waals surface area contributed by atoms with Crippen LogP contribution in [0, 0.1) is 6.42 Å². The molecule has 10 nitrogen and oxygen atoms in total. The van der Waals surface area contributed by atoms with Crippen molar-refractivity contribution >= 4 is 39.6 Å². The number of carboxylic acid groups (broad SMARTS) is 1. The van der Waals surface area contributed by atoms with E-state index in [-0.39, 0.29) is 29.3 Å². The summed E-state index contributed by atoms with van der Waals surface area (Å²) in [7, 11) is 0. The maximum atomic E-state index is 12.4. The highest BCUT2D eigenvalue weighted by Crippen LogP contribution is 2.34. The molecule has 3 N–H and O–H groups in total. The second-order valence-electron chi connectivity index (χ2n) is 5.44. The first-order valence-electron chi connectivity index (χ1n) is 7.36. The van der Waals surface area contributed by atoms with E-state index in [0.29, 0.717) is 4.70 Å². The number of aliphatic carboxylic acids is 1. The van der Waals surface area contributed by atoms with Gasteiger partial charge in [-0.1, -0.05) is 11.3 Å². The average Bonchev–Trinajstić information content (AvgIpc) is 3.04. The molecule has 3 rings (SSSR count). The topological polar surface area (TPSA) is 147 Å². The average molecular weight is 367 g/mol. The highest BCUT2D eigenvalue weighted by Gasteiger charge is 2.40. The van der Waals surface area contributed by atoms with Crippen LogP contribution in [-0.2, 0) is 19.1 Å². The minimum atomic E-state index is -1.00. The van der Waals surface area contributed by atoms with Gasteiger partial charge in [-0.2, -0.15) is 4.98 Å². The lowest BCUT2D eigenvalue weighted by molar-refractivity contribution is -0.152. The van der Waals surface area contributed by atoms with Crippen molar-refractivity contribution in [2.24, 2.45) is 0 Å². The van der Waals surface area contributed by atoms with Crippen LogP contribution in [0.25, 0.3) is 10.3 Å². The second-order valence-corrected chi connectivity index (χ2v) is 6.43. The van der Waals surface area contributed by atoms with Gasteiger partial charge in [-0.3, -0.25) is 19.0 Å². The second kappa shape index (κ2) is 6.76. The Kier molecular flexibility index (Phi) is 4.68. The fraction of sp³-hybridized carbons (Fsp3) is 0.429. The van der Waals surface area contributed by atoms with Gasteiger partial charge in [-0.25, -0.2) is 4.98 Å². The van der Waals surface area contributed by atoms with Gasteiger partial charge in [0.1, 0.15) is 6.10 Å². The summed E-state index contributed by atoms with van der Waals surface area (Å²) in [6.07, 6.45) is 0.673. The first-order valence-corrected chi connectivity index (χ1v) is 8.18. The van der Waals surface area contributed by atoms with Crippen LogP contribution >= 0.6 is 11.3 Å². The van der Waals surface area contributed by atoms with Crippen LogP contribution in [0.1, 0.15) is 26.0 Å². The predicted molar refractivity (Wildman–Crippen MR) is 86.7 cm³/mol. The molecule has 0 amide bonds. The molecule has 2 aromatic heterocycles. The monoisotopic (exact) mass is 367 g/mol. The third-order valence-electron chi connectivity index (χ3n) is 3.60. The Morgan fingerprint density at radius 3 is 3.04 bits per heavy atom. The Morgan fingerprint density at radius 2 is 2.36 bits per heavy atom. The maximum absolute atomic E-state index is 12.4. The minimum Gasteiger partial charge on any atom is -0.481 e. The summed E-state index contributed by atoms with van der Waals surface area (Å²) in [5, 5.41) is 8.79. The SMILES string of the molecule is CC(=O)OC1CC([CH]CC(=O)O)OC1n1c(=O)sc2cnc(N)nc21. The van der Waals surface area contributed by atoms with Crippen LogP contribution in [0.4, 0.5) is 5.95 Å². The lowest BCUT2D eigenvalue weighted by Crippen LogP contribution is -2.30. The number of aromatic nitrogens is 3. The van der Waals surface area contributed by atoms with Gasteiger partial charge in [-0.15, -0.1) is 0 Å². The number of rotatable bonds is 5. The Hall–Kier alpha value is -2.53. The van der Waals surface area contributed by atoms with Gasteiger partial charge in [0.05, 0.1) is 23.4 Å². The molecule has 1 aliphatic heterocycles. The fourth-order valence-corrected chi connectivity index (χ4v) is 3.49. The number of thiazole rings is 1. The van der Waals surface area contributed by atoms with Gasteiger partial charge < -0.3 is 20.3 Å². The van der Waals surface area contributed by atoms with E-state index in [4.69, 9.17) is 20.3 Å². The fourth-order valence-electron chi connectivity index (χ4n) is 2.67. The first-order chi connectivity index (χ1) is 11.8. The molecule has 0 saturated carbocycles.